The third-order valence-corrected chi connectivity index (χ3v) is 4.61. The van der Waals surface area contributed by atoms with Gasteiger partial charge < -0.3 is 20.3 Å². The summed E-state index contributed by atoms with van der Waals surface area (Å²) in [6, 6.07) is 3.98. The molecule has 0 aliphatic carbocycles. The molecule has 0 spiro atoms. The summed E-state index contributed by atoms with van der Waals surface area (Å²) >= 11 is 0. The highest BCUT2D eigenvalue weighted by Gasteiger charge is 2.09. The maximum atomic E-state index is 5.71. The van der Waals surface area contributed by atoms with E-state index in [1.807, 2.05) is 19.2 Å². The lowest BCUT2D eigenvalue weighted by molar-refractivity contribution is 0.282. The minimum absolute atomic E-state index is 0.651. The Hall–Kier alpha value is -1.82. The summed E-state index contributed by atoms with van der Waals surface area (Å²) in [6.07, 6.45) is 9.37. The first-order valence-electron chi connectivity index (χ1n) is 10.1. The Labute approximate surface area is 158 Å². The highest BCUT2D eigenvalue weighted by Crippen LogP contribution is 2.14. The number of pyridine rings is 1. The number of ether oxygens (including phenoxy) is 1. The average Bonchev–Trinajstić information content (AvgIpc) is 2.95. The van der Waals surface area contributed by atoms with Crippen molar-refractivity contribution in [2.45, 2.75) is 52.0 Å². The molecule has 1 saturated heterocycles. The Morgan fingerprint density at radius 1 is 1.23 bits per heavy atom. The van der Waals surface area contributed by atoms with Crippen molar-refractivity contribution in [3.05, 3.63) is 23.9 Å². The lowest BCUT2D eigenvalue weighted by Crippen LogP contribution is -2.38. The number of nitrogens with one attached hydrogen (secondary N) is 2. The zero-order valence-corrected chi connectivity index (χ0v) is 16.5. The molecule has 6 heteroatoms. The van der Waals surface area contributed by atoms with Gasteiger partial charge in [0, 0.05) is 31.9 Å². The van der Waals surface area contributed by atoms with E-state index in [0.29, 0.717) is 19.0 Å². The van der Waals surface area contributed by atoms with Crippen molar-refractivity contribution >= 4 is 5.96 Å². The summed E-state index contributed by atoms with van der Waals surface area (Å²) in [5.74, 6) is 1.53. The van der Waals surface area contributed by atoms with Crippen molar-refractivity contribution < 1.29 is 4.74 Å². The van der Waals surface area contributed by atoms with Crippen LogP contribution >= 0.6 is 0 Å². The molecule has 26 heavy (non-hydrogen) atoms. The van der Waals surface area contributed by atoms with E-state index in [9.17, 15) is 0 Å². The van der Waals surface area contributed by atoms with E-state index < -0.39 is 0 Å². The molecular formula is C20H35N5O. The average molecular weight is 362 g/mol. The van der Waals surface area contributed by atoms with Crippen LogP contribution < -0.4 is 15.4 Å². The standard InChI is InChI=1S/C20H35N5O/c1-3-16-26-19-18(10-8-11-22-19)17-24-20(21-2)23-12-9-15-25-13-6-4-5-7-14-25/h8,10-11H,3-7,9,12-17H2,1-2H3,(H2,21,23,24). The molecule has 0 bridgehead atoms. The fraction of sp³-hybridized carbons (Fsp3) is 0.700. The second-order valence-corrected chi connectivity index (χ2v) is 6.78. The van der Waals surface area contributed by atoms with Gasteiger partial charge >= 0.3 is 0 Å². The molecule has 0 amide bonds. The van der Waals surface area contributed by atoms with E-state index in [2.05, 4.69) is 32.4 Å². The van der Waals surface area contributed by atoms with Gasteiger partial charge in [-0.15, -0.1) is 0 Å². The van der Waals surface area contributed by atoms with Crippen LogP contribution in [0.15, 0.2) is 23.3 Å². The van der Waals surface area contributed by atoms with Gasteiger partial charge in [-0.05, 0) is 51.4 Å². The van der Waals surface area contributed by atoms with Crippen molar-refractivity contribution in [2.75, 3.05) is 39.8 Å². The molecule has 0 atom stereocenters. The number of likely N-dealkylation sites (tertiary alicyclic amines) is 1. The van der Waals surface area contributed by atoms with E-state index in [4.69, 9.17) is 4.74 Å². The lowest BCUT2D eigenvalue weighted by atomic mass is 10.2. The first kappa shape index (κ1) is 20.5. The largest absolute Gasteiger partial charge is 0.477 e. The van der Waals surface area contributed by atoms with Crippen LogP contribution in [0.1, 0.15) is 51.0 Å². The number of hydrogen-bond acceptors (Lipinski definition) is 4. The molecule has 2 heterocycles. The maximum absolute atomic E-state index is 5.71. The number of aliphatic imine (C=N–C) groups is 1. The smallest absolute Gasteiger partial charge is 0.218 e. The van der Waals surface area contributed by atoms with Gasteiger partial charge in [0.25, 0.3) is 0 Å². The highest BCUT2D eigenvalue weighted by atomic mass is 16.5. The number of guanidine groups is 1. The molecule has 2 rings (SSSR count). The van der Waals surface area contributed by atoms with Gasteiger partial charge in [-0.2, -0.15) is 0 Å². The first-order chi connectivity index (χ1) is 12.8. The number of nitrogens with zero attached hydrogens (tertiary/aromatic N) is 3. The molecule has 6 nitrogen and oxygen atoms in total. The summed E-state index contributed by atoms with van der Waals surface area (Å²) in [7, 11) is 1.81. The molecule has 1 aliphatic rings. The molecule has 0 unspecified atom stereocenters. The predicted octanol–water partition coefficient (Wildman–Crippen LogP) is 2.80. The monoisotopic (exact) mass is 361 g/mol. The Bertz CT molecular complexity index is 527. The van der Waals surface area contributed by atoms with Gasteiger partial charge in [-0.3, -0.25) is 4.99 Å². The molecule has 1 aliphatic heterocycles. The molecule has 1 aromatic rings. The number of aromatic nitrogens is 1. The molecule has 1 aromatic heterocycles. The zero-order chi connectivity index (χ0) is 18.5. The van der Waals surface area contributed by atoms with Gasteiger partial charge in [0.1, 0.15) is 0 Å². The fourth-order valence-electron chi connectivity index (χ4n) is 3.16. The normalized spacial score (nSPS) is 16.2. The quantitative estimate of drug-likeness (QED) is 0.402. The Morgan fingerprint density at radius 2 is 2.04 bits per heavy atom. The molecule has 146 valence electrons. The topological polar surface area (TPSA) is 61.8 Å². The Balaban J connectivity index is 1.69. The third-order valence-electron chi connectivity index (χ3n) is 4.61. The third kappa shape index (κ3) is 7.60. The van der Waals surface area contributed by atoms with Crippen LogP contribution in [0.3, 0.4) is 0 Å². The molecule has 0 saturated carbocycles. The van der Waals surface area contributed by atoms with Crippen molar-refractivity contribution in [3.8, 4) is 5.88 Å². The Morgan fingerprint density at radius 3 is 2.77 bits per heavy atom. The van der Waals surface area contributed by atoms with Gasteiger partial charge in [0.15, 0.2) is 5.96 Å². The highest BCUT2D eigenvalue weighted by molar-refractivity contribution is 5.79. The lowest BCUT2D eigenvalue weighted by Gasteiger charge is -2.20. The SMILES string of the molecule is CCCOc1ncccc1CNC(=NC)NCCCN1CCCCCC1. The van der Waals surface area contributed by atoms with Crippen LogP contribution in [0.2, 0.25) is 0 Å². The van der Waals surface area contributed by atoms with Crippen molar-refractivity contribution in [2.24, 2.45) is 4.99 Å². The van der Waals surface area contributed by atoms with Crippen LogP contribution in [0.25, 0.3) is 0 Å². The summed E-state index contributed by atoms with van der Waals surface area (Å²) in [6.45, 7) is 8.05. The minimum atomic E-state index is 0.651. The van der Waals surface area contributed by atoms with Gasteiger partial charge in [-0.1, -0.05) is 25.8 Å². The second kappa shape index (κ2) is 12.5. The first-order valence-corrected chi connectivity index (χ1v) is 10.1. The van der Waals surface area contributed by atoms with Gasteiger partial charge in [0.2, 0.25) is 5.88 Å². The number of hydrogen-bond donors (Lipinski definition) is 2. The molecule has 0 aromatic carbocycles. The van der Waals surface area contributed by atoms with Crippen LogP contribution in [0.5, 0.6) is 5.88 Å². The Kier molecular flexibility index (Phi) is 9.87. The summed E-state index contributed by atoms with van der Waals surface area (Å²) in [4.78, 5) is 11.2. The van der Waals surface area contributed by atoms with Crippen LogP contribution in [-0.4, -0.2) is 55.7 Å². The molecule has 1 fully saturated rings. The predicted molar refractivity (Wildman–Crippen MR) is 108 cm³/mol. The van der Waals surface area contributed by atoms with Crippen LogP contribution in [-0.2, 0) is 6.54 Å². The van der Waals surface area contributed by atoms with Gasteiger partial charge in [0.05, 0.1) is 6.61 Å². The van der Waals surface area contributed by atoms with Gasteiger partial charge in [-0.25, -0.2) is 4.98 Å². The van der Waals surface area contributed by atoms with E-state index in [0.717, 1.165) is 30.9 Å². The number of rotatable bonds is 9. The van der Waals surface area contributed by atoms with Crippen molar-refractivity contribution in [3.63, 3.8) is 0 Å². The van der Waals surface area contributed by atoms with E-state index in [-0.39, 0.29) is 0 Å². The minimum Gasteiger partial charge on any atom is -0.477 e. The molecule has 2 N–H and O–H groups in total. The van der Waals surface area contributed by atoms with Crippen molar-refractivity contribution in [1.82, 2.24) is 20.5 Å². The summed E-state index contributed by atoms with van der Waals surface area (Å²) in [5.41, 5.74) is 1.05. The van der Waals surface area contributed by atoms with E-state index in [1.165, 1.54) is 45.3 Å². The zero-order valence-electron chi connectivity index (χ0n) is 16.5. The van der Waals surface area contributed by atoms with Crippen molar-refractivity contribution in [1.29, 1.82) is 0 Å². The fourth-order valence-corrected chi connectivity index (χ4v) is 3.16. The maximum Gasteiger partial charge on any atom is 0.218 e. The molecule has 0 radical (unpaired) electrons. The van der Waals surface area contributed by atoms with Crippen LogP contribution in [0, 0.1) is 0 Å². The van der Waals surface area contributed by atoms with E-state index in [1.54, 1.807) is 6.20 Å². The summed E-state index contributed by atoms with van der Waals surface area (Å²) in [5, 5.41) is 6.76. The second-order valence-electron chi connectivity index (χ2n) is 6.78. The summed E-state index contributed by atoms with van der Waals surface area (Å²) < 4.78 is 5.71. The van der Waals surface area contributed by atoms with Crippen LogP contribution in [0.4, 0.5) is 0 Å². The van der Waals surface area contributed by atoms with E-state index >= 15 is 0 Å². The molecular weight excluding hydrogens is 326 g/mol.